The van der Waals surface area contributed by atoms with E-state index in [4.69, 9.17) is 4.74 Å². The lowest BCUT2D eigenvalue weighted by molar-refractivity contribution is -0.143. The molecule has 4 rings (SSSR count). The molecule has 1 unspecified atom stereocenters. The summed E-state index contributed by atoms with van der Waals surface area (Å²) < 4.78 is 7.31. The topological polar surface area (TPSA) is 63.5 Å². The second-order valence-corrected chi connectivity index (χ2v) is 6.52. The van der Waals surface area contributed by atoms with E-state index in [1.807, 2.05) is 15.8 Å². The fourth-order valence-corrected chi connectivity index (χ4v) is 3.93. The van der Waals surface area contributed by atoms with Crippen molar-refractivity contribution in [1.29, 1.82) is 0 Å². The molecule has 0 saturated carbocycles. The lowest BCUT2D eigenvalue weighted by Gasteiger charge is -2.43. The van der Waals surface area contributed by atoms with Crippen LogP contribution in [0.25, 0.3) is 0 Å². The summed E-state index contributed by atoms with van der Waals surface area (Å²) in [6.45, 7) is 4.25. The Labute approximate surface area is 130 Å². The van der Waals surface area contributed by atoms with Crippen molar-refractivity contribution in [3.63, 3.8) is 0 Å². The van der Waals surface area contributed by atoms with Crippen molar-refractivity contribution in [3.05, 3.63) is 12.4 Å². The van der Waals surface area contributed by atoms with Crippen molar-refractivity contribution < 1.29 is 9.53 Å². The van der Waals surface area contributed by atoms with Crippen LogP contribution in [0, 0.1) is 0 Å². The standard InChI is InChI=1S/C15H23N5O2/c21-15(18-10-13(11-18)20-7-5-16-17-20)14-2-1-6-19(14)12-3-8-22-9-4-12/h5,7,12-14H,1-4,6,8-11H2. The highest BCUT2D eigenvalue weighted by atomic mass is 16.5. The highest BCUT2D eigenvalue weighted by Gasteiger charge is 2.41. The molecule has 0 aromatic carbocycles. The Morgan fingerprint density at radius 1 is 1.14 bits per heavy atom. The molecule has 120 valence electrons. The third-order valence-corrected chi connectivity index (χ3v) is 5.23. The van der Waals surface area contributed by atoms with Gasteiger partial charge in [-0.1, -0.05) is 5.21 Å². The maximum atomic E-state index is 12.8. The second-order valence-electron chi connectivity index (χ2n) is 6.52. The number of rotatable bonds is 3. The van der Waals surface area contributed by atoms with Gasteiger partial charge in [-0.25, -0.2) is 4.68 Å². The average molecular weight is 305 g/mol. The lowest BCUT2D eigenvalue weighted by Crippen LogP contribution is -2.57. The smallest absolute Gasteiger partial charge is 0.240 e. The van der Waals surface area contributed by atoms with Crippen molar-refractivity contribution >= 4 is 5.91 Å². The van der Waals surface area contributed by atoms with Gasteiger partial charge in [0.15, 0.2) is 0 Å². The van der Waals surface area contributed by atoms with Crippen molar-refractivity contribution in [1.82, 2.24) is 24.8 Å². The molecule has 1 aromatic rings. The molecule has 0 spiro atoms. The number of amides is 1. The Kier molecular flexibility index (Phi) is 3.83. The molecule has 1 aromatic heterocycles. The van der Waals surface area contributed by atoms with E-state index >= 15 is 0 Å². The Balaban J connectivity index is 1.36. The second kappa shape index (κ2) is 5.96. The van der Waals surface area contributed by atoms with Crippen LogP contribution in [0.1, 0.15) is 31.7 Å². The fraction of sp³-hybridized carbons (Fsp3) is 0.800. The first-order valence-electron chi connectivity index (χ1n) is 8.31. The van der Waals surface area contributed by atoms with Crippen molar-refractivity contribution in [2.24, 2.45) is 0 Å². The van der Waals surface area contributed by atoms with Crippen molar-refractivity contribution in [2.75, 3.05) is 32.8 Å². The number of hydrogen-bond acceptors (Lipinski definition) is 5. The maximum absolute atomic E-state index is 12.8. The van der Waals surface area contributed by atoms with Gasteiger partial charge in [-0.3, -0.25) is 9.69 Å². The highest BCUT2D eigenvalue weighted by molar-refractivity contribution is 5.83. The van der Waals surface area contributed by atoms with E-state index in [1.54, 1.807) is 6.20 Å². The van der Waals surface area contributed by atoms with Gasteiger partial charge in [0, 0.05) is 38.5 Å². The van der Waals surface area contributed by atoms with Gasteiger partial charge in [0.2, 0.25) is 5.91 Å². The fourth-order valence-electron chi connectivity index (χ4n) is 3.93. The zero-order valence-electron chi connectivity index (χ0n) is 12.8. The Morgan fingerprint density at radius 3 is 2.68 bits per heavy atom. The molecular formula is C15H23N5O2. The van der Waals surface area contributed by atoms with Crippen molar-refractivity contribution in [3.8, 4) is 0 Å². The number of ether oxygens (including phenoxy) is 1. The van der Waals surface area contributed by atoms with Gasteiger partial charge in [-0.15, -0.1) is 5.10 Å². The van der Waals surface area contributed by atoms with Crippen LogP contribution in [0.5, 0.6) is 0 Å². The van der Waals surface area contributed by atoms with E-state index in [-0.39, 0.29) is 6.04 Å². The van der Waals surface area contributed by atoms with E-state index < -0.39 is 0 Å². The minimum absolute atomic E-state index is 0.0831. The summed E-state index contributed by atoms with van der Waals surface area (Å²) in [5.41, 5.74) is 0. The number of aromatic nitrogens is 3. The van der Waals surface area contributed by atoms with Crippen LogP contribution in [-0.4, -0.2) is 75.6 Å². The van der Waals surface area contributed by atoms with Crippen LogP contribution in [0.2, 0.25) is 0 Å². The first kappa shape index (κ1) is 14.1. The van der Waals surface area contributed by atoms with Crippen LogP contribution in [0.3, 0.4) is 0 Å². The molecule has 7 heteroatoms. The minimum atomic E-state index is 0.0831. The SMILES string of the molecule is O=C(C1CCCN1C1CCOCC1)N1CC(n2ccnn2)C1. The van der Waals surface area contributed by atoms with Gasteiger partial charge in [0.05, 0.1) is 18.3 Å². The number of hydrogen-bond donors (Lipinski definition) is 0. The van der Waals surface area contributed by atoms with Gasteiger partial charge < -0.3 is 9.64 Å². The van der Waals surface area contributed by atoms with E-state index in [9.17, 15) is 4.79 Å². The van der Waals surface area contributed by atoms with Gasteiger partial charge in [-0.2, -0.15) is 0 Å². The van der Waals surface area contributed by atoms with Crippen LogP contribution < -0.4 is 0 Å². The summed E-state index contributed by atoms with van der Waals surface area (Å²) in [6.07, 6.45) is 7.82. The first-order valence-corrected chi connectivity index (χ1v) is 8.31. The van der Waals surface area contributed by atoms with E-state index in [0.717, 1.165) is 58.5 Å². The maximum Gasteiger partial charge on any atom is 0.240 e. The summed E-state index contributed by atoms with van der Waals surface area (Å²) in [5.74, 6) is 0.306. The van der Waals surface area contributed by atoms with E-state index in [1.165, 1.54) is 0 Å². The van der Waals surface area contributed by atoms with Crippen LogP contribution in [0.4, 0.5) is 0 Å². The molecule has 3 aliphatic rings. The quantitative estimate of drug-likeness (QED) is 0.804. The molecule has 3 fully saturated rings. The molecule has 0 radical (unpaired) electrons. The normalized spacial score (nSPS) is 28.0. The molecule has 1 amide bonds. The number of carbonyl (C=O) groups excluding carboxylic acids is 1. The average Bonchev–Trinajstić information content (AvgIpc) is 3.18. The molecule has 3 aliphatic heterocycles. The minimum Gasteiger partial charge on any atom is -0.381 e. The molecule has 7 nitrogen and oxygen atoms in total. The summed E-state index contributed by atoms with van der Waals surface area (Å²) in [5, 5.41) is 7.86. The van der Waals surface area contributed by atoms with E-state index in [0.29, 0.717) is 18.0 Å². The number of nitrogens with zero attached hydrogens (tertiary/aromatic N) is 5. The largest absolute Gasteiger partial charge is 0.381 e. The third-order valence-electron chi connectivity index (χ3n) is 5.23. The molecule has 0 N–H and O–H groups in total. The van der Waals surface area contributed by atoms with E-state index in [2.05, 4.69) is 15.2 Å². The summed E-state index contributed by atoms with van der Waals surface area (Å²) in [7, 11) is 0. The molecule has 22 heavy (non-hydrogen) atoms. The summed E-state index contributed by atoms with van der Waals surface area (Å²) in [4.78, 5) is 17.2. The first-order chi connectivity index (χ1) is 10.8. The molecule has 3 saturated heterocycles. The summed E-state index contributed by atoms with van der Waals surface area (Å²) >= 11 is 0. The van der Waals surface area contributed by atoms with Gasteiger partial charge in [-0.05, 0) is 32.2 Å². The Hall–Kier alpha value is -1.47. The van der Waals surface area contributed by atoms with Crippen molar-refractivity contribution in [2.45, 2.75) is 43.8 Å². The van der Waals surface area contributed by atoms with Gasteiger partial charge in [0.1, 0.15) is 0 Å². The van der Waals surface area contributed by atoms with Gasteiger partial charge in [0.25, 0.3) is 0 Å². The molecule has 1 atom stereocenters. The molecule has 0 aliphatic carbocycles. The van der Waals surface area contributed by atoms with Crippen LogP contribution in [-0.2, 0) is 9.53 Å². The predicted octanol–water partition coefficient (Wildman–Crippen LogP) is 0.305. The number of likely N-dealkylation sites (tertiary alicyclic amines) is 2. The molecular weight excluding hydrogens is 282 g/mol. The zero-order valence-corrected chi connectivity index (χ0v) is 12.8. The third kappa shape index (κ3) is 2.52. The van der Waals surface area contributed by atoms with Crippen LogP contribution in [0.15, 0.2) is 12.4 Å². The molecule has 4 heterocycles. The predicted molar refractivity (Wildman–Crippen MR) is 79.2 cm³/mol. The zero-order chi connectivity index (χ0) is 14.9. The highest BCUT2D eigenvalue weighted by Crippen LogP contribution is 2.29. The molecule has 0 bridgehead atoms. The Morgan fingerprint density at radius 2 is 1.95 bits per heavy atom. The lowest BCUT2D eigenvalue weighted by atomic mass is 10.0. The summed E-state index contributed by atoms with van der Waals surface area (Å²) in [6, 6.07) is 0.904. The Bertz CT molecular complexity index is 508. The van der Waals surface area contributed by atoms with Crippen LogP contribution >= 0.6 is 0 Å². The van der Waals surface area contributed by atoms with Gasteiger partial charge >= 0.3 is 0 Å². The number of carbonyl (C=O) groups is 1. The monoisotopic (exact) mass is 305 g/mol.